The molecule has 0 heterocycles. The molecular weight excluding hydrogens is 276 g/mol. The third-order valence-electron chi connectivity index (χ3n) is 2.69. The zero-order chi connectivity index (χ0) is 12.3. The molecule has 2 aromatic carbocycles. The van der Waals surface area contributed by atoms with Gasteiger partial charge in [-0.15, -0.1) is 0 Å². The highest BCUT2D eigenvalue weighted by molar-refractivity contribution is 9.10. The Balaban J connectivity index is 2.12. The number of hydrogen-bond donors (Lipinski definition) is 1. The summed E-state index contributed by atoms with van der Waals surface area (Å²) in [5, 5.41) is 5.96. The van der Waals surface area contributed by atoms with E-state index in [1.807, 2.05) is 0 Å². The van der Waals surface area contributed by atoms with E-state index in [2.05, 4.69) is 76.6 Å². The van der Waals surface area contributed by atoms with E-state index < -0.39 is 0 Å². The molecule has 0 bridgehead atoms. The van der Waals surface area contributed by atoms with E-state index >= 15 is 0 Å². The van der Waals surface area contributed by atoms with Crippen molar-refractivity contribution >= 4 is 32.4 Å². The highest BCUT2D eigenvalue weighted by Gasteiger charge is 1.97. The van der Waals surface area contributed by atoms with Gasteiger partial charge in [0.1, 0.15) is 0 Å². The van der Waals surface area contributed by atoms with Crippen LogP contribution in [0.5, 0.6) is 0 Å². The fourth-order valence-corrected chi connectivity index (χ4v) is 2.13. The van der Waals surface area contributed by atoms with Gasteiger partial charge in [0.15, 0.2) is 0 Å². The molecule has 1 N–H and O–H groups in total. The predicted molar refractivity (Wildman–Crippen MR) is 78.7 cm³/mol. The lowest BCUT2D eigenvalue weighted by molar-refractivity contribution is 0.425. The molecule has 0 saturated carbocycles. The Morgan fingerprint density at radius 1 is 1.06 bits per heavy atom. The van der Waals surface area contributed by atoms with Gasteiger partial charge in [-0.2, -0.15) is 0 Å². The number of nitrogens with zero attached hydrogens (tertiary/aromatic N) is 1. The number of halogens is 1. The van der Waals surface area contributed by atoms with Crippen molar-refractivity contribution < 1.29 is 0 Å². The maximum atomic E-state index is 3.49. The van der Waals surface area contributed by atoms with Crippen LogP contribution in [0.2, 0.25) is 0 Å². The zero-order valence-corrected chi connectivity index (χ0v) is 11.8. The van der Waals surface area contributed by atoms with Gasteiger partial charge in [-0.05, 0) is 49.1 Å². The second kappa shape index (κ2) is 5.52. The summed E-state index contributed by atoms with van der Waals surface area (Å²) in [6, 6.07) is 12.8. The number of nitrogens with one attached hydrogen (secondary N) is 1. The molecule has 2 nitrogen and oxygen atoms in total. The van der Waals surface area contributed by atoms with Crippen LogP contribution in [0.4, 0.5) is 5.69 Å². The predicted octanol–water partition coefficient (Wildman–Crippen LogP) is 3.58. The van der Waals surface area contributed by atoms with Crippen molar-refractivity contribution in [3.8, 4) is 0 Å². The second-order valence-corrected chi connectivity index (χ2v) is 5.35. The first-order chi connectivity index (χ1) is 8.15. The Morgan fingerprint density at radius 2 is 1.76 bits per heavy atom. The van der Waals surface area contributed by atoms with Crippen LogP contribution in [0.25, 0.3) is 10.8 Å². The Bertz CT molecular complexity index is 509. The van der Waals surface area contributed by atoms with E-state index in [4.69, 9.17) is 0 Å². The third-order valence-corrected chi connectivity index (χ3v) is 3.18. The largest absolute Gasteiger partial charge is 0.384 e. The van der Waals surface area contributed by atoms with Gasteiger partial charge in [0.25, 0.3) is 0 Å². The number of anilines is 1. The van der Waals surface area contributed by atoms with Crippen molar-refractivity contribution in [3.05, 3.63) is 40.9 Å². The van der Waals surface area contributed by atoms with Crippen LogP contribution >= 0.6 is 15.9 Å². The summed E-state index contributed by atoms with van der Waals surface area (Å²) < 4.78 is 1.12. The van der Waals surface area contributed by atoms with E-state index in [0.29, 0.717) is 0 Å². The molecule has 3 heteroatoms. The summed E-state index contributed by atoms with van der Waals surface area (Å²) in [4.78, 5) is 2.17. The molecule has 0 amide bonds. The van der Waals surface area contributed by atoms with Crippen LogP contribution in [-0.4, -0.2) is 32.1 Å². The van der Waals surface area contributed by atoms with E-state index in [1.54, 1.807) is 0 Å². The van der Waals surface area contributed by atoms with E-state index in [-0.39, 0.29) is 0 Å². The highest BCUT2D eigenvalue weighted by Crippen LogP contribution is 2.22. The van der Waals surface area contributed by atoms with Crippen molar-refractivity contribution in [1.29, 1.82) is 0 Å². The summed E-state index contributed by atoms with van der Waals surface area (Å²) in [7, 11) is 4.17. The molecule has 0 aliphatic heterocycles. The lowest BCUT2D eigenvalue weighted by atomic mass is 10.1. The Morgan fingerprint density at radius 3 is 2.53 bits per heavy atom. The highest BCUT2D eigenvalue weighted by atomic mass is 79.9. The van der Waals surface area contributed by atoms with E-state index in [9.17, 15) is 0 Å². The number of likely N-dealkylation sites (N-methyl/N-ethyl adjacent to an activating group) is 1. The smallest absolute Gasteiger partial charge is 0.0347 e. The molecule has 17 heavy (non-hydrogen) atoms. The minimum Gasteiger partial charge on any atom is -0.384 e. The number of fused-ring (bicyclic) bond motifs is 1. The molecule has 2 rings (SSSR count). The molecule has 0 aliphatic carbocycles. The molecule has 0 radical (unpaired) electrons. The SMILES string of the molecule is CN(C)CCNc1ccc2cc(Br)ccc2c1. The monoisotopic (exact) mass is 292 g/mol. The topological polar surface area (TPSA) is 15.3 Å². The molecule has 90 valence electrons. The molecule has 0 aromatic heterocycles. The standard InChI is InChI=1S/C14H17BrN2/c1-17(2)8-7-16-14-6-4-11-9-13(15)5-3-12(11)10-14/h3-6,9-10,16H,7-8H2,1-2H3. The number of hydrogen-bond acceptors (Lipinski definition) is 2. The van der Waals surface area contributed by atoms with Crippen LogP contribution in [0.1, 0.15) is 0 Å². The summed E-state index contributed by atoms with van der Waals surface area (Å²) in [5.41, 5.74) is 1.18. The summed E-state index contributed by atoms with van der Waals surface area (Å²) in [6.45, 7) is 2.01. The first kappa shape index (κ1) is 12.4. The van der Waals surface area contributed by atoms with E-state index in [1.165, 1.54) is 16.5 Å². The Kier molecular flexibility index (Phi) is 4.02. The average molecular weight is 293 g/mol. The molecular formula is C14H17BrN2. The fourth-order valence-electron chi connectivity index (χ4n) is 1.75. The van der Waals surface area contributed by atoms with Gasteiger partial charge in [-0.1, -0.05) is 28.1 Å². The van der Waals surface area contributed by atoms with E-state index in [0.717, 1.165) is 17.6 Å². The molecule has 0 aliphatic rings. The Hall–Kier alpha value is -1.06. The number of rotatable bonds is 4. The minimum absolute atomic E-state index is 0.967. The third kappa shape index (κ3) is 3.45. The van der Waals surface area contributed by atoms with Gasteiger partial charge in [-0.3, -0.25) is 0 Å². The summed E-state index contributed by atoms with van der Waals surface area (Å²) in [5.74, 6) is 0. The summed E-state index contributed by atoms with van der Waals surface area (Å²) in [6.07, 6.45) is 0. The molecule has 2 aromatic rings. The van der Waals surface area contributed by atoms with Crippen LogP contribution in [-0.2, 0) is 0 Å². The van der Waals surface area contributed by atoms with Crippen molar-refractivity contribution in [2.75, 3.05) is 32.5 Å². The van der Waals surface area contributed by atoms with Gasteiger partial charge >= 0.3 is 0 Å². The van der Waals surface area contributed by atoms with Crippen molar-refractivity contribution in [2.45, 2.75) is 0 Å². The lowest BCUT2D eigenvalue weighted by Gasteiger charge is -2.11. The van der Waals surface area contributed by atoms with Crippen LogP contribution < -0.4 is 5.32 Å². The average Bonchev–Trinajstić information content (AvgIpc) is 2.29. The molecule has 0 spiro atoms. The number of benzene rings is 2. The fraction of sp³-hybridized carbons (Fsp3) is 0.286. The van der Waals surface area contributed by atoms with Crippen molar-refractivity contribution in [2.24, 2.45) is 0 Å². The molecule has 0 unspecified atom stereocenters. The van der Waals surface area contributed by atoms with Gasteiger partial charge in [0, 0.05) is 23.2 Å². The first-order valence-corrected chi connectivity index (χ1v) is 6.52. The van der Waals surface area contributed by atoms with Gasteiger partial charge in [0.05, 0.1) is 0 Å². The minimum atomic E-state index is 0.967. The molecule has 0 saturated heterocycles. The van der Waals surface area contributed by atoms with Crippen LogP contribution in [0, 0.1) is 0 Å². The first-order valence-electron chi connectivity index (χ1n) is 5.73. The quantitative estimate of drug-likeness (QED) is 0.927. The van der Waals surface area contributed by atoms with Crippen LogP contribution in [0.3, 0.4) is 0 Å². The molecule has 0 atom stereocenters. The van der Waals surface area contributed by atoms with Crippen LogP contribution in [0.15, 0.2) is 40.9 Å². The van der Waals surface area contributed by atoms with Gasteiger partial charge in [-0.25, -0.2) is 0 Å². The zero-order valence-electron chi connectivity index (χ0n) is 10.2. The Labute approximate surface area is 111 Å². The van der Waals surface area contributed by atoms with Gasteiger partial charge < -0.3 is 10.2 Å². The normalized spacial score (nSPS) is 11.1. The van der Waals surface area contributed by atoms with Crippen molar-refractivity contribution in [3.63, 3.8) is 0 Å². The molecule has 0 fully saturated rings. The maximum Gasteiger partial charge on any atom is 0.0347 e. The maximum absolute atomic E-state index is 3.49. The summed E-state index contributed by atoms with van der Waals surface area (Å²) >= 11 is 3.49. The van der Waals surface area contributed by atoms with Crippen molar-refractivity contribution in [1.82, 2.24) is 4.90 Å². The lowest BCUT2D eigenvalue weighted by Crippen LogP contribution is -2.20. The van der Waals surface area contributed by atoms with Gasteiger partial charge in [0.2, 0.25) is 0 Å². The second-order valence-electron chi connectivity index (χ2n) is 4.44.